The van der Waals surface area contributed by atoms with E-state index >= 15 is 0 Å². The summed E-state index contributed by atoms with van der Waals surface area (Å²) in [6.07, 6.45) is 1.36. The molecule has 3 aromatic rings. The van der Waals surface area contributed by atoms with Gasteiger partial charge in [0.05, 0.1) is 5.69 Å². The van der Waals surface area contributed by atoms with Crippen molar-refractivity contribution in [3.63, 3.8) is 0 Å². The Bertz CT molecular complexity index is 1130. The summed E-state index contributed by atoms with van der Waals surface area (Å²) in [7, 11) is -4.63. The molecule has 0 spiro atoms. The van der Waals surface area contributed by atoms with Crippen LogP contribution in [-0.2, 0) is 27.2 Å². The lowest BCUT2D eigenvalue weighted by atomic mass is 10.3. The van der Waals surface area contributed by atoms with Crippen LogP contribution in [0.3, 0.4) is 0 Å². The first-order chi connectivity index (χ1) is 12.6. The number of thiophene rings is 1. The van der Waals surface area contributed by atoms with E-state index in [1.165, 1.54) is 43.6 Å². The number of imidazole rings is 1. The van der Waals surface area contributed by atoms with Crippen LogP contribution in [0, 0.1) is 6.92 Å². The Balaban J connectivity index is 1.81. The minimum atomic E-state index is -4.07. The molecule has 2 aromatic heterocycles. The van der Waals surface area contributed by atoms with Crippen LogP contribution in [0.4, 0.5) is 5.69 Å². The quantitative estimate of drug-likeness (QED) is 0.560. The number of aryl methyl sites for hydroxylation is 2. The zero-order valence-electron chi connectivity index (χ0n) is 14.7. The molecule has 8 nitrogen and oxygen atoms in total. The van der Waals surface area contributed by atoms with Gasteiger partial charge >= 0.3 is 10.1 Å². The maximum atomic E-state index is 12.5. The lowest BCUT2D eigenvalue weighted by molar-refractivity contribution is 0.482. The van der Waals surface area contributed by atoms with Gasteiger partial charge < -0.3 is 8.75 Å². The molecule has 0 N–H and O–H groups in total. The monoisotopic (exact) mass is 427 g/mol. The Labute approximate surface area is 161 Å². The van der Waals surface area contributed by atoms with Crippen LogP contribution in [0.15, 0.2) is 57.2 Å². The third-order valence-electron chi connectivity index (χ3n) is 3.86. The summed E-state index contributed by atoms with van der Waals surface area (Å²) < 4.78 is 57.6. The number of hydrogen-bond donors (Lipinski definition) is 0. The molecule has 27 heavy (non-hydrogen) atoms. The molecule has 11 heteroatoms. The molecule has 0 aliphatic carbocycles. The van der Waals surface area contributed by atoms with Crippen LogP contribution < -0.4 is 8.49 Å². The molecule has 144 valence electrons. The molecule has 0 fully saturated rings. The second-order valence-corrected chi connectivity index (χ2v) is 10.3. The Kier molecular flexibility index (Phi) is 5.02. The molecule has 0 unspecified atom stereocenters. The number of benzene rings is 1. The van der Waals surface area contributed by atoms with Gasteiger partial charge in [0, 0.05) is 20.3 Å². The van der Waals surface area contributed by atoms with Crippen molar-refractivity contribution in [3.8, 4) is 5.75 Å². The van der Waals surface area contributed by atoms with Gasteiger partial charge in [0.1, 0.15) is 15.8 Å². The highest BCUT2D eigenvalue weighted by Gasteiger charge is 2.23. The highest BCUT2D eigenvalue weighted by Crippen LogP contribution is 2.27. The molecule has 0 bridgehead atoms. The molecule has 2 heterocycles. The van der Waals surface area contributed by atoms with E-state index in [0.29, 0.717) is 11.5 Å². The van der Waals surface area contributed by atoms with Gasteiger partial charge in [0.2, 0.25) is 5.03 Å². The Morgan fingerprint density at radius 3 is 2.30 bits per heavy atom. The van der Waals surface area contributed by atoms with Crippen LogP contribution in [0.25, 0.3) is 0 Å². The van der Waals surface area contributed by atoms with Crippen molar-refractivity contribution in [2.75, 3.05) is 11.4 Å². The molecular weight excluding hydrogens is 410 g/mol. The Morgan fingerprint density at radius 2 is 1.78 bits per heavy atom. The van der Waals surface area contributed by atoms with Crippen LogP contribution in [0.1, 0.15) is 5.82 Å². The fourth-order valence-corrected chi connectivity index (χ4v) is 5.55. The molecule has 0 saturated heterocycles. The topological polar surface area (TPSA) is 98.6 Å². The van der Waals surface area contributed by atoms with Crippen molar-refractivity contribution >= 4 is 37.2 Å². The van der Waals surface area contributed by atoms with Crippen molar-refractivity contribution in [3.05, 3.63) is 53.8 Å². The summed E-state index contributed by atoms with van der Waals surface area (Å²) in [6, 6.07) is 8.91. The van der Waals surface area contributed by atoms with E-state index in [2.05, 4.69) is 4.98 Å². The predicted molar refractivity (Wildman–Crippen MR) is 102 cm³/mol. The number of nitrogens with zero attached hydrogens (tertiary/aromatic N) is 3. The first-order valence-electron chi connectivity index (χ1n) is 7.68. The summed E-state index contributed by atoms with van der Waals surface area (Å²) in [4.78, 5) is 3.95. The van der Waals surface area contributed by atoms with Gasteiger partial charge in [-0.2, -0.15) is 8.42 Å². The van der Waals surface area contributed by atoms with Crippen LogP contribution in [0.5, 0.6) is 5.75 Å². The van der Waals surface area contributed by atoms with E-state index in [9.17, 15) is 16.8 Å². The van der Waals surface area contributed by atoms with E-state index in [1.54, 1.807) is 30.0 Å². The van der Waals surface area contributed by atoms with Gasteiger partial charge in [0.15, 0.2) is 0 Å². The zero-order valence-corrected chi connectivity index (χ0v) is 17.2. The van der Waals surface area contributed by atoms with Crippen LogP contribution in [0.2, 0.25) is 0 Å². The summed E-state index contributed by atoms with van der Waals surface area (Å²) in [5.41, 5.74) is 0.377. The Hall–Kier alpha value is -2.37. The summed E-state index contributed by atoms with van der Waals surface area (Å²) in [5.74, 6) is 0.594. The van der Waals surface area contributed by atoms with Crippen molar-refractivity contribution in [2.45, 2.75) is 16.2 Å². The van der Waals surface area contributed by atoms with Crippen LogP contribution >= 0.6 is 11.3 Å². The van der Waals surface area contributed by atoms with Gasteiger partial charge in [-0.25, -0.2) is 13.4 Å². The molecule has 0 saturated carbocycles. The van der Waals surface area contributed by atoms with E-state index in [0.717, 1.165) is 15.6 Å². The lowest BCUT2D eigenvalue weighted by Crippen LogP contribution is -2.25. The molecule has 0 amide bonds. The van der Waals surface area contributed by atoms with Gasteiger partial charge in [-0.1, -0.05) is 6.07 Å². The largest absolute Gasteiger partial charge is 0.378 e. The number of rotatable bonds is 6. The van der Waals surface area contributed by atoms with E-state index in [4.69, 9.17) is 4.18 Å². The zero-order chi connectivity index (χ0) is 19.8. The highest BCUT2D eigenvalue weighted by molar-refractivity contribution is 7.94. The predicted octanol–water partition coefficient (Wildman–Crippen LogP) is 2.38. The lowest BCUT2D eigenvalue weighted by Gasteiger charge is -2.18. The summed E-state index contributed by atoms with van der Waals surface area (Å²) in [6.45, 7) is 1.68. The number of anilines is 1. The summed E-state index contributed by atoms with van der Waals surface area (Å²) in [5, 5.41) is 1.49. The molecule has 1 aromatic carbocycles. The SMILES string of the molecule is Cc1nc(S(=O)(=O)Oc2ccc(N(C)S(=O)(=O)c3cccs3)cc2)cn1C. The average Bonchev–Trinajstić information content (AvgIpc) is 3.26. The van der Waals surface area contributed by atoms with Crippen molar-refractivity contribution in [1.82, 2.24) is 9.55 Å². The van der Waals surface area contributed by atoms with Crippen molar-refractivity contribution < 1.29 is 21.0 Å². The molecule has 0 atom stereocenters. The molecule has 0 radical (unpaired) electrons. The fraction of sp³-hybridized carbons (Fsp3) is 0.188. The fourth-order valence-electron chi connectivity index (χ4n) is 2.21. The van der Waals surface area contributed by atoms with Crippen molar-refractivity contribution in [2.24, 2.45) is 7.05 Å². The van der Waals surface area contributed by atoms with E-state index in [-0.39, 0.29) is 15.0 Å². The maximum absolute atomic E-state index is 12.5. The second-order valence-electron chi connectivity index (χ2n) is 5.67. The van der Waals surface area contributed by atoms with E-state index < -0.39 is 20.1 Å². The third-order valence-corrected chi connectivity index (χ3v) is 8.14. The van der Waals surface area contributed by atoms with Crippen molar-refractivity contribution in [1.29, 1.82) is 0 Å². The first kappa shape index (κ1) is 19.4. The number of aromatic nitrogens is 2. The first-order valence-corrected chi connectivity index (χ1v) is 11.4. The minimum Gasteiger partial charge on any atom is -0.378 e. The molecule has 0 aliphatic heterocycles. The van der Waals surface area contributed by atoms with Crippen LogP contribution in [-0.4, -0.2) is 33.4 Å². The highest BCUT2D eigenvalue weighted by atomic mass is 32.2. The maximum Gasteiger partial charge on any atom is 0.358 e. The standard InChI is InChI=1S/C16H17N3O5S3/c1-12-17-15(11-18(12)2)27(22,23)24-14-8-6-13(7-9-14)19(3)26(20,21)16-5-4-10-25-16/h4-11H,1-3H3. The molecule has 0 aliphatic rings. The normalized spacial score (nSPS) is 12.1. The third kappa shape index (κ3) is 3.84. The average molecular weight is 428 g/mol. The van der Waals surface area contributed by atoms with E-state index in [1.807, 2.05) is 0 Å². The van der Waals surface area contributed by atoms with Gasteiger partial charge in [-0.05, 0) is 42.6 Å². The Morgan fingerprint density at radius 1 is 1.11 bits per heavy atom. The smallest absolute Gasteiger partial charge is 0.358 e. The van der Waals surface area contributed by atoms with Gasteiger partial charge in [0.25, 0.3) is 10.0 Å². The molecule has 3 rings (SSSR count). The number of sulfonamides is 1. The number of hydrogen-bond acceptors (Lipinski definition) is 7. The second kappa shape index (κ2) is 6.98. The van der Waals surface area contributed by atoms with Gasteiger partial charge in [-0.15, -0.1) is 11.3 Å². The minimum absolute atomic E-state index is 0.0592. The molecular formula is C16H17N3O5S3. The van der Waals surface area contributed by atoms with Gasteiger partial charge in [-0.3, -0.25) is 4.31 Å². The summed E-state index contributed by atoms with van der Waals surface area (Å²) >= 11 is 1.12.